The van der Waals surface area contributed by atoms with Gasteiger partial charge in [0, 0.05) is 30.1 Å². The van der Waals surface area contributed by atoms with Gasteiger partial charge in [0.25, 0.3) is 5.91 Å². The molecule has 2 N–H and O–H groups in total. The maximum atomic E-state index is 12.9. The average molecular weight is 389 g/mol. The molecule has 1 aliphatic rings. The first kappa shape index (κ1) is 19.3. The Bertz CT molecular complexity index is 940. The Labute approximate surface area is 172 Å². The molecule has 1 amide bonds. The summed E-state index contributed by atoms with van der Waals surface area (Å²) in [6.07, 6.45) is 8.34. The predicted octanol–water partition coefficient (Wildman–Crippen LogP) is 5.39. The van der Waals surface area contributed by atoms with Crippen LogP contribution >= 0.6 is 0 Å². The zero-order valence-electron chi connectivity index (χ0n) is 16.9. The third-order valence-electron chi connectivity index (χ3n) is 6.06. The second-order valence-electron chi connectivity index (χ2n) is 7.82. The molecule has 0 radical (unpaired) electrons. The summed E-state index contributed by atoms with van der Waals surface area (Å²) in [6.45, 7) is 0.733. The number of carbonyl (C=O) groups is 1. The van der Waals surface area contributed by atoms with Crippen molar-refractivity contribution in [2.75, 3.05) is 13.7 Å². The number of amides is 1. The highest BCUT2D eigenvalue weighted by Crippen LogP contribution is 2.36. The van der Waals surface area contributed by atoms with Gasteiger partial charge in [-0.2, -0.15) is 0 Å². The predicted molar refractivity (Wildman–Crippen MR) is 116 cm³/mol. The molecule has 0 saturated heterocycles. The molecule has 29 heavy (non-hydrogen) atoms. The summed E-state index contributed by atoms with van der Waals surface area (Å²) in [7, 11) is 1.65. The number of H-pyrrole nitrogens is 1. The molecule has 150 valence electrons. The first-order chi connectivity index (χ1) is 14.3. The molecule has 2 aromatic carbocycles. The van der Waals surface area contributed by atoms with Crippen LogP contribution in [0.15, 0.2) is 67.0 Å². The second kappa shape index (κ2) is 8.99. The van der Waals surface area contributed by atoms with Crippen LogP contribution in [0.2, 0.25) is 0 Å². The topological polar surface area (TPSA) is 54.1 Å². The number of hydrogen-bond donors (Lipinski definition) is 2. The molecule has 1 heterocycles. The molecule has 1 aromatic heterocycles. The van der Waals surface area contributed by atoms with E-state index in [0.29, 0.717) is 17.4 Å². The van der Waals surface area contributed by atoms with E-state index in [1.807, 2.05) is 30.5 Å². The standard InChI is InChI=1S/C25H28N2O2/c1-29-24-10-6-5-9-21(24)22-16-26-17-23(22)25(28)27-15-18-11-13-20(14-12-18)19-7-3-2-4-8-19/h2-10,16-18,20,26H,11-15H2,1H3,(H,27,28). The normalized spacial score (nSPS) is 18.9. The summed E-state index contributed by atoms with van der Waals surface area (Å²) in [4.78, 5) is 15.9. The molecule has 1 fully saturated rings. The van der Waals surface area contributed by atoms with Crippen molar-refractivity contribution >= 4 is 5.91 Å². The van der Waals surface area contributed by atoms with E-state index in [-0.39, 0.29) is 5.91 Å². The zero-order valence-corrected chi connectivity index (χ0v) is 16.9. The van der Waals surface area contributed by atoms with Gasteiger partial charge in [0.15, 0.2) is 0 Å². The molecule has 0 atom stereocenters. The first-order valence-corrected chi connectivity index (χ1v) is 10.4. The molecule has 4 nitrogen and oxygen atoms in total. The van der Waals surface area contributed by atoms with Crippen LogP contribution in [0.4, 0.5) is 0 Å². The molecule has 1 saturated carbocycles. The van der Waals surface area contributed by atoms with E-state index < -0.39 is 0 Å². The van der Waals surface area contributed by atoms with E-state index in [9.17, 15) is 4.79 Å². The minimum Gasteiger partial charge on any atom is -0.496 e. The summed E-state index contributed by atoms with van der Waals surface area (Å²) < 4.78 is 5.46. The molecule has 1 aliphatic carbocycles. The highest BCUT2D eigenvalue weighted by Gasteiger charge is 2.23. The molecule has 4 rings (SSSR count). The minimum atomic E-state index is -0.0302. The van der Waals surface area contributed by atoms with Crippen molar-refractivity contribution in [3.63, 3.8) is 0 Å². The summed E-state index contributed by atoms with van der Waals surface area (Å²) >= 11 is 0. The lowest BCUT2D eigenvalue weighted by Crippen LogP contribution is -2.31. The van der Waals surface area contributed by atoms with Crippen molar-refractivity contribution < 1.29 is 9.53 Å². The molecular weight excluding hydrogens is 360 g/mol. The van der Waals surface area contributed by atoms with E-state index in [2.05, 4.69) is 40.6 Å². The maximum Gasteiger partial charge on any atom is 0.253 e. The number of aromatic nitrogens is 1. The van der Waals surface area contributed by atoms with Gasteiger partial charge < -0.3 is 15.0 Å². The van der Waals surface area contributed by atoms with Gasteiger partial charge in [-0.05, 0) is 49.1 Å². The highest BCUT2D eigenvalue weighted by atomic mass is 16.5. The van der Waals surface area contributed by atoms with Gasteiger partial charge in [-0.15, -0.1) is 0 Å². The largest absolute Gasteiger partial charge is 0.496 e. The van der Waals surface area contributed by atoms with E-state index in [1.165, 1.54) is 18.4 Å². The van der Waals surface area contributed by atoms with E-state index in [0.717, 1.165) is 36.3 Å². The molecule has 3 aromatic rings. The fourth-order valence-electron chi connectivity index (χ4n) is 4.40. The Morgan fingerprint density at radius 3 is 2.45 bits per heavy atom. The fraction of sp³-hybridized carbons (Fsp3) is 0.320. The van der Waals surface area contributed by atoms with Gasteiger partial charge in [-0.25, -0.2) is 0 Å². The third-order valence-corrected chi connectivity index (χ3v) is 6.06. The van der Waals surface area contributed by atoms with Crippen molar-refractivity contribution in [3.05, 3.63) is 78.1 Å². The number of nitrogens with one attached hydrogen (secondary N) is 2. The number of methoxy groups -OCH3 is 1. The number of hydrogen-bond acceptors (Lipinski definition) is 2. The molecule has 0 bridgehead atoms. The van der Waals surface area contributed by atoms with Crippen LogP contribution in [0.1, 0.15) is 47.5 Å². The van der Waals surface area contributed by atoms with Gasteiger partial charge in [-0.1, -0.05) is 48.5 Å². The van der Waals surface area contributed by atoms with Crippen LogP contribution in [0, 0.1) is 5.92 Å². The lowest BCUT2D eigenvalue weighted by atomic mass is 9.78. The van der Waals surface area contributed by atoms with Crippen molar-refractivity contribution in [2.45, 2.75) is 31.6 Å². The molecule has 0 unspecified atom stereocenters. The molecule has 0 spiro atoms. The Hall–Kier alpha value is -3.01. The van der Waals surface area contributed by atoms with Crippen molar-refractivity contribution in [3.8, 4) is 16.9 Å². The molecular formula is C25H28N2O2. The highest BCUT2D eigenvalue weighted by molar-refractivity contribution is 6.01. The van der Waals surface area contributed by atoms with Crippen LogP contribution < -0.4 is 10.1 Å². The lowest BCUT2D eigenvalue weighted by Gasteiger charge is -2.29. The third kappa shape index (κ3) is 4.37. The van der Waals surface area contributed by atoms with Crippen LogP contribution in [0.25, 0.3) is 11.1 Å². The van der Waals surface area contributed by atoms with Crippen molar-refractivity contribution in [1.82, 2.24) is 10.3 Å². The Morgan fingerprint density at radius 1 is 0.966 bits per heavy atom. The second-order valence-corrected chi connectivity index (χ2v) is 7.82. The van der Waals surface area contributed by atoms with Gasteiger partial charge in [0.05, 0.1) is 12.7 Å². The zero-order chi connectivity index (χ0) is 20.1. The fourth-order valence-corrected chi connectivity index (χ4v) is 4.40. The van der Waals surface area contributed by atoms with Gasteiger partial charge in [-0.3, -0.25) is 4.79 Å². The van der Waals surface area contributed by atoms with E-state index in [1.54, 1.807) is 13.3 Å². The number of carbonyl (C=O) groups excluding carboxylic acids is 1. The van der Waals surface area contributed by atoms with E-state index >= 15 is 0 Å². The monoisotopic (exact) mass is 388 g/mol. The SMILES string of the molecule is COc1ccccc1-c1c[nH]cc1C(=O)NCC1CCC(c2ccccc2)CC1. The maximum absolute atomic E-state index is 12.9. The minimum absolute atomic E-state index is 0.0302. The average Bonchev–Trinajstić information content (AvgIpc) is 3.28. The van der Waals surface area contributed by atoms with Crippen LogP contribution in [0.5, 0.6) is 5.75 Å². The van der Waals surface area contributed by atoms with Gasteiger partial charge in [0.2, 0.25) is 0 Å². The summed E-state index contributed by atoms with van der Waals surface area (Å²) in [5.41, 5.74) is 3.90. The number of rotatable bonds is 6. The Morgan fingerprint density at radius 2 is 1.69 bits per heavy atom. The summed E-state index contributed by atoms with van der Waals surface area (Å²) in [6, 6.07) is 18.6. The molecule has 0 aliphatic heterocycles. The lowest BCUT2D eigenvalue weighted by molar-refractivity contribution is 0.0943. The summed E-state index contributed by atoms with van der Waals surface area (Å²) in [5.74, 6) is 1.94. The number of ether oxygens (including phenoxy) is 1. The smallest absolute Gasteiger partial charge is 0.253 e. The number of para-hydroxylation sites is 1. The van der Waals surface area contributed by atoms with Crippen molar-refractivity contribution in [1.29, 1.82) is 0 Å². The number of benzene rings is 2. The number of aromatic amines is 1. The van der Waals surface area contributed by atoms with Gasteiger partial charge in [0.1, 0.15) is 5.75 Å². The van der Waals surface area contributed by atoms with Crippen LogP contribution in [0.3, 0.4) is 0 Å². The first-order valence-electron chi connectivity index (χ1n) is 10.4. The Kier molecular flexibility index (Phi) is 5.99. The van der Waals surface area contributed by atoms with E-state index in [4.69, 9.17) is 4.74 Å². The van der Waals surface area contributed by atoms with Crippen LogP contribution in [-0.2, 0) is 0 Å². The summed E-state index contributed by atoms with van der Waals surface area (Å²) in [5, 5.41) is 3.16. The quantitative estimate of drug-likeness (QED) is 0.594. The Balaban J connectivity index is 1.35. The van der Waals surface area contributed by atoms with Crippen molar-refractivity contribution in [2.24, 2.45) is 5.92 Å². The molecule has 4 heteroatoms. The van der Waals surface area contributed by atoms with Crippen LogP contribution in [-0.4, -0.2) is 24.5 Å². The van der Waals surface area contributed by atoms with Gasteiger partial charge >= 0.3 is 0 Å².